The van der Waals surface area contributed by atoms with E-state index >= 15 is 0 Å². The molecule has 2 aliphatic rings. The average molecular weight is 545 g/mol. The van der Waals surface area contributed by atoms with Crippen LogP contribution in [0.2, 0.25) is 10.0 Å². The van der Waals surface area contributed by atoms with Crippen LogP contribution in [0, 0.1) is 5.92 Å². The summed E-state index contributed by atoms with van der Waals surface area (Å²) in [6, 6.07) is 9.11. The number of carbonyl (C=O) groups is 2. The highest BCUT2D eigenvalue weighted by Crippen LogP contribution is 2.27. The monoisotopic (exact) mass is 543 g/mol. The van der Waals surface area contributed by atoms with Crippen LogP contribution in [0.25, 0.3) is 0 Å². The zero-order valence-electron chi connectivity index (χ0n) is 21.2. The quantitative estimate of drug-likeness (QED) is 0.373. The smallest absolute Gasteiger partial charge is 0.253 e. The van der Waals surface area contributed by atoms with Gasteiger partial charge in [0.1, 0.15) is 0 Å². The molecular formula is C28H35Cl2N5O2. The van der Waals surface area contributed by atoms with Crippen molar-refractivity contribution in [1.82, 2.24) is 20.2 Å². The van der Waals surface area contributed by atoms with Gasteiger partial charge in [-0.25, -0.2) is 4.98 Å². The van der Waals surface area contributed by atoms with Crippen molar-refractivity contribution in [3.8, 4) is 0 Å². The normalized spacial score (nSPS) is 16.2. The first-order valence-corrected chi connectivity index (χ1v) is 13.9. The summed E-state index contributed by atoms with van der Waals surface area (Å²) >= 11 is 13.0. The van der Waals surface area contributed by atoms with Crippen LogP contribution in [0.5, 0.6) is 0 Å². The molecule has 0 aliphatic heterocycles. The van der Waals surface area contributed by atoms with Crippen LogP contribution in [-0.2, 0) is 18.4 Å². The van der Waals surface area contributed by atoms with Gasteiger partial charge in [0.15, 0.2) is 0 Å². The van der Waals surface area contributed by atoms with E-state index in [9.17, 15) is 9.59 Å². The summed E-state index contributed by atoms with van der Waals surface area (Å²) in [4.78, 5) is 29.9. The number of benzene rings is 1. The molecule has 2 amide bonds. The molecule has 0 atom stereocenters. The number of rotatable bonds is 7. The van der Waals surface area contributed by atoms with Crippen molar-refractivity contribution in [1.29, 1.82) is 0 Å². The molecule has 1 aromatic heterocycles. The second-order valence-corrected chi connectivity index (χ2v) is 10.7. The Morgan fingerprint density at radius 1 is 0.973 bits per heavy atom. The number of aromatic nitrogens is 2. The fourth-order valence-electron chi connectivity index (χ4n) is 4.93. The number of carbonyl (C=O) groups excluding carboxylic acids is 2. The Hall–Kier alpha value is -2.77. The van der Waals surface area contributed by atoms with Gasteiger partial charge in [-0.1, -0.05) is 61.4 Å². The summed E-state index contributed by atoms with van der Waals surface area (Å²) in [5, 5.41) is 10.3. The van der Waals surface area contributed by atoms with E-state index in [1.54, 1.807) is 35.2 Å². The first-order valence-electron chi connectivity index (χ1n) is 13.1. The Balaban J connectivity index is 1.49. The number of halogens is 2. The van der Waals surface area contributed by atoms with E-state index in [4.69, 9.17) is 23.2 Å². The number of aryl methyl sites for hydroxylation is 1. The van der Waals surface area contributed by atoms with Crippen molar-refractivity contribution in [3.05, 3.63) is 63.9 Å². The lowest BCUT2D eigenvalue weighted by atomic mass is 9.88. The number of anilines is 2. The summed E-state index contributed by atoms with van der Waals surface area (Å²) in [5.74, 6) is 0.541. The van der Waals surface area contributed by atoms with E-state index in [0.717, 1.165) is 56.9 Å². The van der Waals surface area contributed by atoms with Crippen LogP contribution >= 0.6 is 23.2 Å². The maximum absolute atomic E-state index is 12.8. The first kappa shape index (κ1) is 27.3. The Bertz CT molecular complexity index is 1170. The predicted molar refractivity (Wildman–Crippen MR) is 149 cm³/mol. The van der Waals surface area contributed by atoms with Crippen molar-refractivity contribution >= 4 is 46.7 Å². The maximum atomic E-state index is 12.8. The van der Waals surface area contributed by atoms with Gasteiger partial charge in [-0.2, -0.15) is 0 Å². The summed E-state index contributed by atoms with van der Waals surface area (Å²) in [5.41, 5.74) is 1.97. The molecule has 0 spiro atoms. The molecule has 2 fully saturated rings. The molecule has 2 aromatic rings. The number of nitrogens with one attached hydrogen (secondary N) is 3. The van der Waals surface area contributed by atoms with Crippen molar-refractivity contribution < 1.29 is 9.59 Å². The average Bonchev–Trinajstić information content (AvgIpc) is 3.43. The summed E-state index contributed by atoms with van der Waals surface area (Å²) in [6.07, 6.45) is 13.0. The minimum atomic E-state index is -0.196. The highest BCUT2D eigenvalue weighted by atomic mass is 35.5. The van der Waals surface area contributed by atoms with Gasteiger partial charge in [-0.15, -0.1) is 0 Å². The van der Waals surface area contributed by atoms with Gasteiger partial charge in [-0.3, -0.25) is 9.59 Å². The Morgan fingerprint density at radius 2 is 1.70 bits per heavy atom. The third kappa shape index (κ3) is 7.62. The third-order valence-electron chi connectivity index (χ3n) is 7.13. The minimum absolute atomic E-state index is 0.115. The van der Waals surface area contributed by atoms with Gasteiger partial charge in [0.2, 0.25) is 11.9 Å². The third-order valence-corrected chi connectivity index (χ3v) is 7.79. The molecule has 0 radical (unpaired) electrons. The van der Waals surface area contributed by atoms with Crippen LogP contribution < -0.4 is 16.0 Å². The lowest BCUT2D eigenvalue weighted by Gasteiger charge is -2.20. The van der Waals surface area contributed by atoms with E-state index < -0.39 is 0 Å². The molecule has 7 nitrogen and oxygen atoms in total. The van der Waals surface area contributed by atoms with Crippen molar-refractivity contribution in [2.45, 2.75) is 70.4 Å². The number of hydrogen-bond donors (Lipinski definition) is 3. The van der Waals surface area contributed by atoms with Crippen LogP contribution in [0.1, 0.15) is 73.7 Å². The van der Waals surface area contributed by atoms with E-state index in [0.29, 0.717) is 33.8 Å². The largest absolute Gasteiger partial charge is 0.352 e. The highest BCUT2D eigenvalue weighted by molar-refractivity contribution is 6.34. The maximum Gasteiger partial charge on any atom is 0.253 e. The molecule has 0 unspecified atom stereocenters. The Labute approximate surface area is 228 Å². The second kappa shape index (κ2) is 13.2. The number of hydrogen-bond acceptors (Lipinski definition) is 4. The highest BCUT2D eigenvalue weighted by Gasteiger charge is 2.21. The molecule has 1 aromatic carbocycles. The standard InChI is InChI=1S/C28H35Cl2N5O2/c1-35-16-14-23(29)22(27(37)33-21-9-5-6-10-21)13-15-31-28(35)34-25-17-19(11-12-24(25)30)18-32-26(36)20-7-3-2-4-8-20/h11-17,20-21H,2-10,18H2,1H3,(H,31,34)(H,32,36)(H,33,37). The first-order chi connectivity index (χ1) is 17.9. The zero-order valence-corrected chi connectivity index (χ0v) is 22.7. The SMILES string of the molecule is Cn1ccc(Cl)c(C(=O)NC2CCCC2)ccnc1Nc1cc(CNC(=O)C2CCCCC2)ccc1Cl. The van der Waals surface area contributed by atoms with Crippen LogP contribution in [0.15, 0.2) is 42.7 Å². The molecule has 0 bridgehead atoms. The van der Waals surface area contributed by atoms with Crippen molar-refractivity contribution in [2.24, 2.45) is 13.0 Å². The summed E-state index contributed by atoms with van der Waals surface area (Å²) < 4.78 is 1.76. The summed E-state index contributed by atoms with van der Waals surface area (Å²) in [6.45, 7) is 0.433. The molecule has 0 saturated heterocycles. The van der Waals surface area contributed by atoms with E-state index in [1.165, 1.54) is 6.42 Å². The molecular weight excluding hydrogens is 509 g/mol. The van der Waals surface area contributed by atoms with Crippen molar-refractivity contribution in [2.75, 3.05) is 5.32 Å². The molecule has 2 aliphatic carbocycles. The van der Waals surface area contributed by atoms with E-state index in [1.807, 2.05) is 19.2 Å². The number of nitrogens with zero attached hydrogens (tertiary/aromatic N) is 2. The van der Waals surface area contributed by atoms with Gasteiger partial charge in [0.25, 0.3) is 5.91 Å². The molecule has 3 N–H and O–H groups in total. The molecule has 1 heterocycles. The molecule has 2 saturated carbocycles. The van der Waals surface area contributed by atoms with Gasteiger partial charge >= 0.3 is 0 Å². The molecule has 198 valence electrons. The lowest BCUT2D eigenvalue weighted by Crippen LogP contribution is -2.32. The van der Waals surface area contributed by atoms with Gasteiger partial charge in [-0.05, 0) is 55.5 Å². The van der Waals surface area contributed by atoms with E-state index in [2.05, 4.69) is 20.9 Å². The molecule has 4 rings (SSSR count). The topological polar surface area (TPSA) is 88.1 Å². The Kier molecular flexibility index (Phi) is 9.69. The molecule has 9 heteroatoms. The Morgan fingerprint density at radius 3 is 2.46 bits per heavy atom. The van der Waals surface area contributed by atoms with Crippen LogP contribution in [0.3, 0.4) is 0 Å². The van der Waals surface area contributed by atoms with E-state index in [-0.39, 0.29) is 23.8 Å². The molecule has 37 heavy (non-hydrogen) atoms. The summed E-state index contributed by atoms with van der Waals surface area (Å²) in [7, 11) is 1.83. The van der Waals surface area contributed by atoms with Gasteiger partial charge < -0.3 is 20.5 Å². The lowest BCUT2D eigenvalue weighted by molar-refractivity contribution is -0.126. The van der Waals surface area contributed by atoms with Gasteiger partial charge in [0, 0.05) is 37.9 Å². The van der Waals surface area contributed by atoms with Gasteiger partial charge in [0.05, 0.1) is 21.3 Å². The second-order valence-electron chi connectivity index (χ2n) is 9.90. The zero-order chi connectivity index (χ0) is 26.2. The number of amides is 2. The van der Waals surface area contributed by atoms with Crippen molar-refractivity contribution in [3.63, 3.8) is 0 Å². The predicted octanol–water partition coefficient (Wildman–Crippen LogP) is 6.46. The minimum Gasteiger partial charge on any atom is -0.352 e. The van der Waals surface area contributed by atoms with Crippen LogP contribution in [-0.4, -0.2) is 27.4 Å². The fourth-order valence-corrected chi connectivity index (χ4v) is 5.30. The fraction of sp³-hybridized carbons (Fsp3) is 0.464. The van der Waals surface area contributed by atoms with Crippen LogP contribution in [0.4, 0.5) is 11.6 Å².